The van der Waals surface area contributed by atoms with Crippen LogP contribution >= 0.6 is 0 Å². The van der Waals surface area contributed by atoms with Gasteiger partial charge < -0.3 is 0 Å². The molecule has 33 heavy (non-hydrogen) atoms. The molecule has 0 spiro atoms. The summed E-state index contributed by atoms with van der Waals surface area (Å²) in [6.07, 6.45) is -1.02. The van der Waals surface area contributed by atoms with Gasteiger partial charge in [0.25, 0.3) is 11.6 Å². The van der Waals surface area contributed by atoms with Crippen molar-refractivity contribution in [2.75, 3.05) is 9.96 Å². The molecule has 3 aromatic carbocycles. The molecule has 0 unspecified atom stereocenters. The number of amides is 2. The normalized spacial score (nSPS) is 22.1. The molecule has 2 heterocycles. The van der Waals surface area contributed by atoms with Crippen LogP contribution < -0.4 is 9.96 Å². The summed E-state index contributed by atoms with van der Waals surface area (Å²) in [4.78, 5) is 45.0. The van der Waals surface area contributed by atoms with Gasteiger partial charge in [0.2, 0.25) is 5.91 Å². The number of carbonyl (C=O) groups excluding carboxylic acids is 2. The Hall–Kier alpha value is -4.04. The van der Waals surface area contributed by atoms with Gasteiger partial charge in [-0.3, -0.25) is 24.5 Å². The van der Waals surface area contributed by atoms with E-state index in [1.54, 1.807) is 30.3 Å². The van der Waals surface area contributed by atoms with Gasteiger partial charge in [-0.15, -0.1) is 0 Å². The van der Waals surface area contributed by atoms with Crippen LogP contribution in [0.15, 0.2) is 72.8 Å². The van der Waals surface area contributed by atoms with Gasteiger partial charge in [-0.2, -0.15) is 0 Å². The number of non-ortho nitro benzene ring substituents is 1. The summed E-state index contributed by atoms with van der Waals surface area (Å²) in [5.41, 5.74) is 3.58. The number of anilines is 2. The molecular formula is C25H21N3O5. The number of rotatable bonds is 4. The molecule has 0 N–H and O–H groups in total. The van der Waals surface area contributed by atoms with E-state index in [9.17, 15) is 19.7 Å². The van der Waals surface area contributed by atoms with Gasteiger partial charge in [0.1, 0.15) is 5.92 Å². The second-order valence-corrected chi connectivity index (χ2v) is 8.36. The van der Waals surface area contributed by atoms with E-state index in [-0.39, 0.29) is 11.6 Å². The standard InChI is InChI=1S/C25H21N3O5/c1-15-9-11-17(12-10-15)22-21-23(33-27(22)19-7-4-8-20(14-19)28(31)32)25(30)26(24(21)29)18-6-3-5-16(2)13-18/h3-14,21-23H,1-2H3/t21-,22+,23-/m0/s1. The number of imide groups is 1. The topological polar surface area (TPSA) is 93.0 Å². The van der Waals surface area contributed by atoms with Crippen molar-refractivity contribution in [2.24, 2.45) is 5.92 Å². The third kappa shape index (κ3) is 3.44. The largest absolute Gasteiger partial charge is 0.273 e. The highest BCUT2D eigenvalue weighted by Gasteiger charge is 2.60. The maximum Gasteiger partial charge on any atom is 0.271 e. The lowest BCUT2D eigenvalue weighted by atomic mass is 9.90. The van der Waals surface area contributed by atoms with Crippen LogP contribution in [-0.2, 0) is 14.4 Å². The van der Waals surface area contributed by atoms with Crippen molar-refractivity contribution in [1.82, 2.24) is 0 Å². The van der Waals surface area contributed by atoms with Crippen LogP contribution in [0.3, 0.4) is 0 Å². The zero-order valence-electron chi connectivity index (χ0n) is 18.0. The highest BCUT2D eigenvalue weighted by Crippen LogP contribution is 2.48. The molecule has 2 aliphatic rings. The van der Waals surface area contributed by atoms with Crippen LogP contribution in [-0.4, -0.2) is 22.8 Å². The molecule has 2 amide bonds. The predicted octanol–water partition coefficient (Wildman–Crippen LogP) is 4.26. The van der Waals surface area contributed by atoms with Crippen molar-refractivity contribution < 1.29 is 19.3 Å². The molecule has 2 aliphatic heterocycles. The molecule has 166 valence electrons. The number of hydroxylamine groups is 1. The fourth-order valence-electron chi connectivity index (χ4n) is 4.51. The molecule has 3 atom stereocenters. The minimum Gasteiger partial charge on any atom is -0.273 e. The van der Waals surface area contributed by atoms with Gasteiger partial charge in [0.05, 0.1) is 22.3 Å². The molecule has 0 radical (unpaired) electrons. The first-order chi connectivity index (χ1) is 15.8. The fraction of sp³-hybridized carbons (Fsp3) is 0.200. The zero-order valence-corrected chi connectivity index (χ0v) is 18.0. The minimum absolute atomic E-state index is 0.102. The Labute approximate surface area is 190 Å². The maximum absolute atomic E-state index is 13.6. The minimum atomic E-state index is -1.02. The highest BCUT2D eigenvalue weighted by molar-refractivity contribution is 6.24. The summed E-state index contributed by atoms with van der Waals surface area (Å²) in [6, 6.07) is 20.2. The summed E-state index contributed by atoms with van der Waals surface area (Å²) >= 11 is 0. The third-order valence-electron chi connectivity index (χ3n) is 6.09. The summed E-state index contributed by atoms with van der Waals surface area (Å²) in [5, 5.41) is 12.8. The van der Waals surface area contributed by atoms with Crippen molar-refractivity contribution in [3.8, 4) is 0 Å². The summed E-state index contributed by atoms with van der Waals surface area (Å²) in [5.74, 6) is -1.59. The molecule has 2 saturated heterocycles. The molecule has 0 saturated carbocycles. The SMILES string of the molecule is Cc1ccc([C@@H]2[C@@H]3C(=O)N(c4cccc(C)c4)C(=O)[C@H]3ON2c2cccc([N+](=O)[O-])c2)cc1. The fourth-order valence-corrected chi connectivity index (χ4v) is 4.51. The molecule has 0 bridgehead atoms. The molecule has 0 aliphatic carbocycles. The molecular weight excluding hydrogens is 422 g/mol. The van der Waals surface area contributed by atoms with Crippen LogP contribution in [0.2, 0.25) is 0 Å². The number of hydrogen-bond donors (Lipinski definition) is 0. The number of nitro benzene ring substituents is 1. The number of aryl methyl sites for hydroxylation is 2. The Balaban J connectivity index is 1.60. The third-order valence-corrected chi connectivity index (χ3v) is 6.09. The number of fused-ring (bicyclic) bond motifs is 1. The average Bonchev–Trinajstić information content (AvgIpc) is 3.30. The van der Waals surface area contributed by atoms with E-state index in [0.29, 0.717) is 11.4 Å². The van der Waals surface area contributed by atoms with E-state index < -0.39 is 28.9 Å². The lowest BCUT2D eigenvalue weighted by Crippen LogP contribution is -2.37. The van der Waals surface area contributed by atoms with Crippen molar-refractivity contribution in [2.45, 2.75) is 26.0 Å². The maximum atomic E-state index is 13.6. The monoisotopic (exact) mass is 443 g/mol. The zero-order chi connectivity index (χ0) is 23.3. The number of nitrogens with zero attached hydrogens (tertiary/aromatic N) is 3. The lowest BCUT2D eigenvalue weighted by molar-refractivity contribution is -0.384. The number of hydrogen-bond acceptors (Lipinski definition) is 6. The van der Waals surface area contributed by atoms with E-state index in [1.807, 2.05) is 44.2 Å². The van der Waals surface area contributed by atoms with Crippen molar-refractivity contribution in [1.29, 1.82) is 0 Å². The first-order valence-corrected chi connectivity index (χ1v) is 10.6. The van der Waals surface area contributed by atoms with E-state index in [4.69, 9.17) is 4.84 Å². The van der Waals surface area contributed by atoms with E-state index in [0.717, 1.165) is 16.7 Å². The van der Waals surface area contributed by atoms with Gasteiger partial charge in [-0.1, -0.05) is 48.0 Å². The van der Waals surface area contributed by atoms with Crippen molar-refractivity contribution in [3.05, 3.63) is 99.6 Å². The van der Waals surface area contributed by atoms with Crippen LogP contribution in [0, 0.1) is 29.9 Å². The molecule has 5 rings (SSSR count). The predicted molar refractivity (Wildman–Crippen MR) is 122 cm³/mol. The van der Waals surface area contributed by atoms with Gasteiger partial charge >= 0.3 is 0 Å². The molecule has 8 nitrogen and oxygen atoms in total. The Kier molecular flexibility index (Phi) is 4.94. The van der Waals surface area contributed by atoms with Crippen molar-refractivity contribution >= 4 is 28.9 Å². The Morgan fingerprint density at radius 2 is 1.55 bits per heavy atom. The second kappa shape index (κ2) is 7.83. The molecule has 0 aromatic heterocycles. The number of nitro groups is 1. The van der Waals surface area contributed by atoms with E-state index in [1.165, 1.54) is 22.1 Å². The van der Waals surface area contributed by atoms with Crippen LogP contribution in [0.5, 0.6) is 0 Å². The van der Waals surface area contributed by atoms with Crippen LogP contribution in [0.1, 0.15) is 22.7 Å². The quantitative estimate of drug-likeness (QED) is 0.340. The smallest absolute Gasteiger partial charge is 0.271 e. The van der Waals surface area contributed by atoms with E-state index in [2.05, 4.69) is 0 Å². The average molecular weight is 443 g/mol. The Morgan fingerprint density at radius 1 is 0.848 bits per heavy atom. The van der Waals surface area contributed by atoms with Gasteiger partial charge in [-0.05, 0) is 43.2 Å². The number of benzene rings is 3. The molecule has 3 aromatic rings. The van der Waals surface area contributed by atoms with Gasteiger partial charge in [-0.25, -0.2) is 9.96 Å². The first-order valence-electron chi connectivity index (χ1n) is 10.6. The molecule has 2 fully saturated rings. The van der Waals surface area contributed by atoms with Gasteiger partial charge in [0, 0.05) is 12.1 Å². The summed E-state index contributed by atoms with van der Waals surface area (Å²) in [6.45, 7) is 3.85. The lowest BCUT2D eigenvalue weighted by Gasteiger charge is -2.28. The van der Waals surface area contributed by atoms with E-state index >= 15 is 0 Å². The van der Waals surface area contributed by atoms with Crippen LogP contribution in [0.25, 0.3) is 0 Å². The second-order valence-electron chi connectivity index (χ2n) is 8.36. The summed E-state index contributed by atoms with van der Waals surface area (Å²) in [7, 11) is 0. The highest BCUT2D eigenvalue weighted by atomic mass is 16.7. The molecule has 8 heteroatoms. The first kappa shape index (κ1) is 20.8. The summed E-state index contributed by atoms with van der Waals surface area (Å²) < 4.78 is 0. The van der Waals surface area contributed by atoms with Crippen LogP contribution in [0.4, 0.5) is 17.1 Å². The Morgan fingerprint density at radius 3 is 2.24 bits per heavy atom. The van der Waals surface area contributed by atoms with Gasteiger partial charge in [0.15, 0.2) is 6.10 Å². The number of carbonyl (C=O) groups is 2. The van der Waals surface area contributed by atoms with Crippen molar-refractivity contribution in [3.63, 3.8) is 0 Å². The Bertz CT molecular complexity index is 1270.